The van der Waals surface area contributed by atoms with Gasteiger partial charge in [0.05, 0.1) is 22.3 Å². The molecule has 0 unspecified atom stereocenters. The number of anilines is 1. The number of amides is 1. The minimum Gasteiger partial charge on any atom is -0.352 e. The van der Waals surface area contributed by atoms with Gasteiger partial charge in [0.15, 0.2) is 5.65 Å². The lowest BCUT2D eigenvalue weighted by molar-refractivity contribution is 0.0742. The van der Waals surface area contributed by atoms with Crippen LogP contribution in [0.25, 0.3) is 16.7 Å². The predicted octanol–water partition coefficient (Wildman–Crippen LogP) is 4.71. The number of nitrogens with zero attached hydrogens (tertiary/aromatic N) is 6. The minimum absolute atomic E-state index is 0.0913. The van der Waals surface area contributed by atoms with Gasteiger partial charge in [0.2, 0.25) is 0 Å². The molecule has 1 aliphatic rings. The third kappa shape index (κ3) is 4.53. The van der Waals surface area contributed by atoms with E-state index in [1.807, 2.05) is 6.92 Å². The average Bonchev–Trinajstić information content (AvgIpc) is 3.23. The number of hydrogen-bond acceptors (Lipinski definition) is 5. The first-order valence-electron chi connectivity index (χ1n) is 12.3. The van der Waals surface area contributed by atoms with Crippen LogP contribution in [0, 0.1) is 18.6 Å². The molecule has 0 bridgehead atoms. The Morgan fingerprint density at radius 1 is 0.972 bits per heavy atom. The molecule has 36 heavy (non-hydrogen) atoms. The summed E-state index contributed by atoms with van der Waals surface area (Å²) >= 11 is 0. The normalized spacial score (nSPS) is 14.0. The van der Waals surface area contributed by atoms with Gasteiger partial charge < -0.3 is 9.80 Å². The summed E-state index contributed by atoms with van der Waals surface area (Å²) in [4.78, 5) is 26.5. The van der Waals surface area contributed by atoms with Crippen LogP contribution in [0.1, 0.15) is 41.6 Å². The van der Waals surface area contributed by atoms with E-state index >= 15 is 0 Å². The molecule has 7 nitrogen and oxygen atoms in total. The van der Waals surface area contributed by atoms with Crippen molar-refractivity contribution in [2.45, 2.75) is 33.1 Å². The number of aromatic nitrogens is 4. The zero-order chi connectivity index (χ0) is 25.2. The van der Waals surface area contributed by atoms with Crippen LogP contribution in [-0.2, 0) is 6.42 Å². The van der Waals surface area contributed by atoms with Crippen LogP contribution in [0.4, 0.5) is 14.6 Å². The smallest absolute Gasteiger partial charge is 0.256 e. The van der Waals surface area contributed by atoms with E-state index in [9.17, 15) is 13.6 Å². The molecular weight excluding hydrogens is 462 g/mol. The fraction of sp³-hybridized carbons (Fsp3) is 0.333. The third-order valence-corrected chi connectivity index (χ3v) is 6.53. The molecule has 0 saturated carbocycles. The van der Waals surface area contributed by atoms with Crippen molar-refractivity contribution in [3.8, 4) is 5.69 Å². The van der Waals surface area contributed by atoms with Crippen LogP contribution in [0.3, 0.4) is 0 Å². The summed E-state index contributed by atoms with van der Waals surface area (Å²) in [5, 5.41) is 5.56. The van der Waals surface area contributed by atoms with E-state index in [0.29, 0.717) is 31.8 Å². The highest BCUT2D eigenvalue weighted by atomic mass is 19.1. The minimum atomic E-state index is -0.508. The fourth-order valence-electron chi connectivity index (χ4n) is 4.57. The summed E-state index contributed by atoms with van der Waals surface area (Å²) in [5.41, 5.74) is 2.27. The monoisotopic (exact) mass is 490 g/mol. The van der Waals surface area contributed by atoms with Gasteiger partial charge in [-0.1, -0.05) is 25.5 Å². The molecule has 0 atom stereocenters. The zero-order valence-corrected chi connectivity index (χ0v) is 20.4. The quantitative estimate of drug-likeness (QED) is 0.392. The van der Waals surface area contributed by atoms with E-state index in [1.165, 1.54) is 24.3 Å². The third-order valence-electron chi connectivity index (χ3n) is 6.53. The van der Waals surface area contributed by atoms with Gasteiger partial charge in [-0.15, -0.1) is 0 Å². The highest BCUT2D eigenvalue weighted by Crippen LogP contribution is 2.30. The van der Waals surface area contributed by atoms with Gasteiger partial charge in [-0.3, -0.25) is 4.79 Å². The Morgan fingerprint density at radius 3 is 2.39 bits per heavy atom. The standard InChI is InChI=1S/C27H28F2N6O/c1-3-4-9-23-30-25(24-18(2)32-35(26(24)31-23)20-12-10-19(28)11-13-20)33-14-16-34(17-15-33)27(36)21-7-5-6-8-22(21)29/h5-8,10-13H,3-4,9,14-17H2,1-2H3. The maximum atomic E-state index is 14.2. The van der Waals surface area contributed by atoms with Gasteiger partial charge in [0.1, 0.15) is 23.3 Å². The Balaban J connectivity index is 1.48. The lowest BCUT2D eigenvalue weighted by atomic mass is 10.1. The van der Waals surface area contributed by atoms with Gasteiger partial charge in [0, 0.05) is 32.6 Å². The van der Waals surface area contributed by atoms with Gasteiger partial charge in [0.25, 0.3) is 5.91 Å². The molecule has 186 valence electrons. The van der Waals surface area contributed by atoms with E-state index in [-0.39, 0.29) is 17.3 Å². The van der Waals surface area contributed by atoms with E-state index < -0.39 is 5.82 Å². The molecule has 9 heteroatoms. The molecule has 0 N–H and O–H groups in total. The summed E-state index contributed by atoms with van der Waals surface area (Å²) in [7, 11) is 0. The number of benzene rings is 2. The van der Waals surface area contributed by atoms with Gasteiger partial charge in [-0.05, 0) is 49.7 Å². The molecule has 1 aliphatic heterocycles. The molecular formula is C27H28F2N6O. The van der Waals surface area contributed by atoms with Crippen LogP contribution in [0.5, 0.6) is 0 Å². The molecule has 5 rings (SSSR count). The first kappa shape index (κ1) is 23.8. The molecule has 0 radical (unpaired) electrons. The number of unbranched alkanes of at least 4 members (excludes halogenated alkanes) is 1. The van der Waals surface area contributed by atoms with E-state index in [4.69, 9.17) is 15.1 Å². The number of halogens is 2. The second kappa shape index (κ2) is 10.0. The summed E-state index contributed by atoms with van der Waals surface area (Å²) in [6, 6.07) is 12.3. The summed E-state index contributed by atoms with van der Waals surface area (Å²) in [6.07, 6.45) is 2.71. The Bertz CT molecular complexity index is 1390. The van der Waals surface area contributed by atoms with E-state index in [2.05, 4.69) is 11.8 Å². The number of rotatable bonds is 6. The van der Waals surface area contributed by atoms with Crippen LogP contribution >= 0.6 is 0 Å². The molecule has 2 aromatic carbocycles. The van der Waals surface area contributed by atoms with Gasteiger partial charge in [-0.2, -0.15) is 5.10 Å². The van der Waals surface area contributed by atoms with Crippen molar-refractivity contribution in [2.75, 3.05) is 31.1 Å². The largest absolute Gasteiger partial charge is 0.352 e. The van der Waals surface area contributed by atoms with E-state index in [0.717, 1.165) is 47.7 Å². The molecule has 4 aromatic rings. The number of carbonyl (C=O) groups excluding carboxylic acids is 1. The Morgan fingerprint density at radius 2 is 1.69 bits per heavy atom. The molecule has 1 fully saturated rings. The predicted molar refractivity (Wildman–Crippen MR) is 134 cm³/mol. The summed E-state index contributed by atoms with van der Waals surface area (Å²) < 4.78 is 29.4. The number of carbonyl (C=O) groups is 1. The van der Waals surface area contributed by atoms with Crippen molar-refractivity contribution in [3.05, 3.63) is 77.2 Å². The highest BCUT2D eigenvalue weighted by Gasteiger charge is 2.27. The molecule has 2 aromatic heterocycles. The number of hydrogen-bond donors (Lipinski definition) is 0. The second-order valence-electron chi connectivity index (χ2n) is 9.00. The maximum Gasteiger partial charge on any atom is 0.256 e. The van der Waals surface area contributed by atoms with Crippen molar-refractivity contribution < 1.29 is 13.6 Å². The SMILES string of the molecule is CCCCc1nc(N2CCN(C(=O)c3ccccc3F)CC2)c2c(C)nn(-c3ccc(F)cc3)c2n1. The summed E-state index contributed by atoms with van der Waals surface area (Å²) in [6.45, 7) is 6.06. The maximum absolute atomic E-state index is 14.2. The van der Waals surface area contributed by atoms with Crippen molar-refractivity contribution in [2.24, 2.45) is 0 Å². The first-order chi connectivity index (χ1) is 17.5. The van der Waals surface area contributed by atoms with Crippen LogP contribution in [0.2, 0.25) is 0 Å². The number of fused-ring (bicyclic) bond motifs is 1. The molecule has 0 spiro atoms. The lowest BCUT2D eigenvalue weighted by Crippen LogP contribution is -2.49. The summed E-state index contributed by atoms with van der Waals surface area (Å²) in [5.74, 6) is 0.396. The van der Waals surface area contributed by atoms with Crippen molar-refractivity contribution in [3.63, 3.8) is 0 Å². The lowest BCUT2D eigenvalue weighted by Gasteiger charge is -2.36. The molecule has 0 aliphatic carbocycles. The Kier molecular flexibility index (Phi) is 6.63. The second-order valence-corrected chi connectivity index (χ2v) is 9.00. The molecule has 3 heterocycles. The highest BCUT2D eigenvalue weighted by molar-refractivity contribution is 5.95. The molecule has 1 amide bonds. The Hall–Kier alpha value is -3.88. The van der Waals surface area contributed by atoms with Crippen LogP contribution < -0.4 is 4.90 Å². The van der Waals surface area contributed by atoms with Gasteiger partial charge in [-0.25, -0.2) is 23.4 Å². The fourth-order valence-corrected chi connectivity index (χ4v) is 4.57. The average molecular weight is 491 g/mol. The first-order valence-corrected chi connectivity index (χ1v) is 12.3. The van der Waals surface area contributed by atoms with Crippen molar-refractivity contribution in [1.82, 2.24) is 24.6 Å². The van der Waals surface area contributed by atoms with Crippen molar-refractivity contribution >= 4 is 22.8 Å². The van der Waals surface area contributed by atoms with Crippen molar-refractivity contribution in [1.29, 1.82) is 0 Å². The molecule has 1 saturated heterocycles. The number of aryl methyl sites for hydroxylation is 2. The zero-order valence-electron chi connectivity index (χ0n) is 20.4. The Labute approximate surface area is 208 Å². The topological polar surface area (TPSA) is 67.2 Å². The van der Waals surface area contributed by atoms with E-state index in [1.54, 1.807) is 33.8 Å². The van der Waals surface area contributed by atoms with Crippen LogP contribution in [-0.4, -0.2) is 56.7 Å². The number of piperazine rings is 1. The van der Waals surface area contributed by atoms with Crippen LogP contribution in [0.15, 0.2) is 48.5 Å². The van der Waals surface area contributed by atoms with Gasteiger partial charge >= 0.3 is 0 Å².